The van der Waals surface area contributed by atoms with Gasteiger partial charge in [-0.2, -0.15) is 4.31 Å². The maximum atomic E-state index is 12.4. The fraction of sp³-hybridized carbons (Fsp3) is 0.725. The van der Waals surface area contributed by atoms with Crippen molar-refractivity contribution in [2.45, 2.75) is 133 Å². The van der Waals surface area contributed by atoms with Crippen molar-refractivity contribution in [2.75, 3.05) is 18.9 Å². The lowest BCUT2D eigenvalue weighted by atomic mass is 9.45. The van der Waals surface area contributed by atoms with E-state index in [1.54, 1.807) is 6.08 Å². The van der Waals surface area contributed by atoms with Gasteiger partial charge in [0, 0.05) is 30.8 Å². The Balaban J connectivity index is 0.000000226. The topological polar surface area (TPSA) is 355 Å². The number of aromatic nitrogens is 4. The average Bonchev–Trinajstić information content (AvgIpc) is 3.99. The van der Waals surface area contributed by atoms with Gasteiger partial charge in [0.25, 0.3) is 0 Å². The lowest BCUT2D eigenvalue weighted by Crippen LogP contribution is -2.54. The number of phosphoric acid groups is 2. The smallest absolute Gasteiger partial charge is 0.393 e. The lowest BCUT2D eigenvalue weighted by Gasteiger charge is -2.60. The van der Waals surface area contributed by atoms with Crippen LogP contribution in [0.15, 0.2) is 36.7 Å². The SMILES string of the molecule is C[C@]12CCC(=O)C[C@@H]1CC[C@@H]1[C@@H]2CC[C@]2(C)[C@@H](O)CC[C@@H]12.NC(=O)C1=CN([C@@H]2O[C@H](COP(=O)(O)OP(=O)(O)OC[C@H]3O[C@@H](n4cnc5c(N)ncnc54)[C@H](O)[C@@H]3O)[C@@H](O)[C@H]2O)C=CC1. The molecule has 2 unspecified atom stereocenters. The van der Waals surface area contributed by atoms with Crippen molar-refractivity contribution in [2.24, 2.45) is 40.2 Å². The van der Waals surface area contributed by atoms with Crippen LogP contribution in [-0.4, -0.2) is 134 Å². The summed E-state index contributed by atoms with van der Waals surface area (Å²) in [6.07, 6.45) is 5.16. The summed E-state index contributed by atoms with van der Waals surface area (Å²) in [5, 5.41) is 52.1. The second-order valence-corrected chi connectivity index (χ2v) is 21.9. The molecule has 360 valence electrons. The predicted molar refractivity (Wildman–Crippen MR) is 225 cm³/mol. The molecule has 17 atom stereocenters. The number of nitrogens with zero attached hydrogens (tertiary/aromatic N) is 5. The Labute approximate surface area is 374 Å². The first-order valence-corrected chi connectivity index (χ1v) is 24.9. The van der Waals surface area contributed by atoms with E-state index in [-0.39, 0.29) is 40.5 Å². The number of Topliss-reactive ketones (excluding diaryl/α,β-unsaturated/α-hetero) is 1. The molecule has 7 aliphatic rings. The van der Waals surface area contributed by atoms with E-state index in [1.807, 2.05) is 0 Å². The molecule has 0 spiro atoms. The van der Waals surface area contributed by atoms with Gasteiger partial charge in [0.2, 0.25) is 5.91 Å². The van der Waals surface area contributed by atoms with Crippen LogP contribution in [0, 0.1) is 34.5 Å². The molecule has 65 heavy (non-hydrogen) atoms. The summed E-state index contributed by atoms with van der Waals surface area (Å²) in [4.78, 5) is 56.5. The van der Waals surface area contributed by atoms with Crippen LogP contribution in [0.5, 0.6) is 0 Å². The minimum absolute atomic E-state index is 0.0517. The summed E-state index contributed by atoms with van der Waals surface area (Å²) in [6, 6.07) is 0. The van der Waals surface area contributed by atoms with Gasteiger partial charge in [-0.15, -0.1) is 0 Å². The second kappa shape index (κ2) is 18.3. The number of nitrogen functional groups attached to an aromatic ring is 1. The maximum absolute atomic E-state index is 12.4. The Morgan fingerprint density at radius 3 is 2.18 bits per heavy atom. The van der Waals surface area contributed by atoms with Crippen molar-refractivity contribution in [1.29, 1.82) is 0 Å². The van der Waals surface area contributed by atoms with Crippen LogP contribution in [0.1, 0.15) is 84.3 Å². The van der Waals surface area contributed by atoms with E-state index < -0.39 is 83.8 Å². The zero-order chi connectivity index (χ0) is 46.8. The minimum atomic E-state index is -5.37. The van der Waals surface area contributed by atoms with Gasteiger partial charge in [0.15, 0.2) is 23.9 Å². The monoisotopic (exact) mass is 955 g/mol. The number of aliphatic hydroxyl groups is 5. The van der Waals surface area contributed by atoms with Gasteiger partial charge in [0.1, 0.15) is 54.3 Å². The first-order chi connectivity index (χ1) is 30.6. The normalized spacial score (nSPS) is 40.8. The third-order valence-corrected chi connectivity index (χ3v) is 17.9. The number of carbonyl (C=O) groups is 2. The fourth-order valence-electron chi connectivity index (χ4n) is 11.7. The van der Waals surface area contributed by atoms with Crippen molar-refractivity contribution < 1.29 is 76.9 Å². The highest BCUT2D eigenvalue weighted by Crippen LogP contribution is 2.66. The van der Waals surface area contributed by atoms with E-state index in [1.165, 1.54) is 60.3 Å². The summed E-state index contributed by atoms with van der Waals surface area (Å²) in [5.41, 5.74) is 12.2. The molecule has 2 aromatic heterocycles. The zero-order valence-corrected chi connectivity index (χ0v) is 37.8. The molecule has 11 N–H and O–H groups in total. The van der Waals surface area contributed by atoms with Gasteiger partial charge < -0.3 is 61.2 Å². The molecule has 9 rings (SSSR count). The van der Waals surface area contributed by atoms with Crippen molar-refractivity contribution in [3.63, 3.8) is 0 Å². The Kier molecular flexibility index (Phi) is 13.6. The Bertz CT molecular complexity index is 2290. The number of amides is 1. The number of nitrogens with two attached hydrogens (primary N) is 2. The van der Waals surface area contributed by atoms with Crippen LogP contribution in [0.25, 0.3) is 11.2 Å². The number of hydrogen-bond donors (Lipinski definition) is 9. The molecule has 4 saturated carbocycles. The first kappa shape index (κ1) is 48.2. The predicted octanol–water partition coefficient (Wildman–Crippen LogP) is 1.27. The summed E-state index contributed by atoms with van der Waals surface area (Å²) >= 11 is 0. The number of rotatable bonds is 11. The molecule has 0 bridgehead atoms. The average molecular weight is 956 g/mol. The van der Waals surface area contributed by atoms with Crippen molar-refractivity contribution >= 4 is 44.3 Å². The summed E-state index contributed by atoms with van der Waals surface area (Å²) in [6.45, 7) is 3.06. The molecule has 2 aromatic rings. The second-order valence-electron chi connectivity index (χ2n) is 18.9. The largest absolute Gasteiger partial charge is 0.481 e. The number of allylic oxidation sites excluding steroid dienone is 1. The van der Waals surface area contributed by atoms with Crippen LogP contribution >= 0.6 is 15.6 Å². The molecular formula is C40H59N7O16P2. The summed E-state index contributed by atoms with van der Waals surface area (Å²) in [5.74, 6) is 2.86. The van der Waals surface area contributed by atoms with E-state index in [4.69, 9.17) is 30.0 Å². The van der Waals surface area contributed by atoms with Crippen LogP contribution in [0.4, 0.5) is 5.82 Å². The number of carbonyl (C=O) groups excluding carboxylic acids is 2. The molecule has 1 amide bonds. The third kappa shape index (κ3) is 9.35. The molecular weight excluding hydrogens is 896 g/mol. The quantitative estimate of drug-likeness (QED) is 0.143. The molecule has 6 fully saturated rings. The summed E-state index contributed by atoms with van der Waals surface area (Å²) < 4.78 is 50.8. The Morgan fingerprint density at radius 1 is 0.862 bits per heavy atom. The van der Waals surface area contributed by atoms with Crippen molar-refractivity contribution in [3.8, 4) is 0 Å². The maximum Gasteiger partial charge on any atom is 0.481 e. The minimum Gasteiger partial charge on any atom is -0.393 e. The highest BCUT2D eigenvalue weighted by Gasteiger charge is 2.60. The first-order valence-electron chi connectivity index (χ1n) is 21.9. The van der Waals surface area contributed by atoms with Crippen molar-refractivity contribution in [3.05, 3.63) is 36.7 Å². The number of phosphoric ester groups is 2. The fourth-order valence-corrected chi connectivity index (χ4v) is 13.8. The molecule has 2 saturated heterocycles. The molecule has 23 nitrogen and oxygen atoms in total. The number of anilines is 1. The highest BCUT2D eigenvalue weighted by molar-refractivity contribution is 7.61. The van der Waals surface area contributed by atoms with E-state index in [0.717, 1.165) is 49.8 Å². The van der Waals surface area contributed by atoms with Crippen LogP contribution in [0.2, 0.25) is 0 Å². The van der Waals surface area contributed by atoms with E-state index in [2.05, 4.69) is 33.1 Å². The number of hydrogen-bond acceptors (Lipinski definition) is 19. The Hall–Kier alpha value is -3.25. The molecule has 0 radical (unpaired) electrons. The number of fused-ring (bicyclic) bond motifs is 6. The van der Waals surface area contributed by atoms with Gasteiger partial charge in [-0.25, -0.2) is 24.1 Å². The third-order valence-electron chi connectivity index (χ3n) is 15.3. The number of primary amides is 1. The van der Waals surface area contributed by atoms with Gasteiger partial charge in [-0.05, 0) is 85.9 Å². The number of imidazole rings is 1. The molecule has 25 heteroatoms. The zero-order valence-electron chi connectivity index (χ0n) is 36.0. The van der Waals surface area contributed by atoms with Gasteiger partial charge in [0.05, 0.1) is 25.6 Å². The van der Waals surface area contributed by atoms with Gasteiger partial charge in [-0.3, -0.25) is 23.2 Å². The lowest BCUT2D eigenvalue weighted by molar-refractivity contribution is -0.141. The Morgan fingerprint density at radius 2 is 1.51 bits per heavy atom. The number of aliphatic hydroxyl groups excluding tert-OH is 5. The molecule has 3 aliphatic heterocycles. The van der Waals surface area contributed by atoms with Gasteiger partial charge in [-0.1, -0.05) is 19.9 Å². The van der Waals surface area contributed by atoms with Crippen LogP contribution < -0.4 is 11.5 Å². The van der Waals surface area contributed by atoms with Crippen molar-refractivity contribution in [1.82, 2.24) is 24.4 Å². The molecule has 4 aliphatic carbocycles. The van der Waals surface area contributed by atoms with E-state index >= 15 is 0 Å². The van der Waals surface area contributed by atoms with E-state index in [9.17, 15) is 54.0 Å². The number of ether oxygens (including phenoxy) is 2. The number of ketones is 1. The van der Waals surface area contributed by atoms with E-state index in [0.29, 0.717) is 17.1 Å². The van der Waals surface area contributed by atoms with Gasteiger partial charge >= 0.3 is 15.6 Å². The molecule has 5 heterocycles. The summed E-state index contributed by atoms with van der Waals surface area (Å²) in [7, 11) is -10.7. The highest BCUT2D eigenvalue weighted by atomic mass is 31.3. The molecule has 0 aromatic carbocycles. The standard InChI is InChI=1S/C21H29N7O14P2.C19H30O2/c22-17-12-19(25-7-24-17)28(8-26-12)21-16(32)14(30)11(41-21)6-39-44(36,37)42-43(34,35)38-5-10-13(29)15(31)20(40-10)27-3-1-2-9(4-27)18(23)33;1-18-9-7-13(20)11-12(18)3-4-14-15-5-6-17(21)19(15,2)10-8-16(14)18/h1,3-4,7-8,10-11,13-16,20-21,29-32H,2,5-6H2,(H2,23,33)(H,34,35)(H,36,37)(H2,22,24,25);12,14-17,21H,3-11H2,1-2H3/t10-,11-,13-,14-,15-,16-,20-,21-;12-,14-,15-,16-,17-,18-,19-/m10/s1. The van der Waals surface area contributed by atoms with Crippen LogP contribution in [0.3, 0.4) is 0 Å². The van der Waals surface area contributed by atoms with Crippen LogP contribution in [-0.2, 0) is 41.6 Å².